The van der Waals surface area contributed by atoms with Gasteiger partial charge in [-0.25, -0.2) is 0 Å². The van der Waals surface area contributed by atoms with E-state index < -0.39 is 0 Å². The van der Waals surface area contributed by atoms with Crippen LogP contribution in [0.25, 0.3) is 11.1 Å². The maximum absolute atomic E-state index is 11.5. The van der Waals surface area contributed by atoms with Crippen LogP contribution in [0.5, 0.6) is 5.75 Å². The summed E-state index contributed by atoms with van der Waals surface area (Å²) in [6.07, 6.45) is 1.75. The molecule has 0 aliphatic heterocycles. The second-order valence-corrected chi connectivity index (χ2v) is 3.80. The minimum atomic E-state index is -0.191. The third kappa shape index (κ3) is 2.01. The van der Waals surface area contributed by atoms with E-state index in [4.69, 9.17) is 10.5 Å². The van der Waals surface area contributed by atoms with E-state index in [2.05, 4.69) is 0 Å². The minimum absolute atomic E-state index is 0.191. The molecular formula is C13H14N2O2. The van der Waals surface area contributed by atoms with Gasteiger partial charge in [0, 0.05) is 24.4 Å². The number of nitrogens with zero attached hydrogens (tertiary/aromatic N) is 1. The number of hydrogen-bond acceptors (Lipinski definition) is 3. The summed E-state index contributed by atoms with van der Waals surface area (Å²) < 4.78 is 6.75. The zero-order valence-electron chi connectivity index (χ0n) is 9.81. The van der Waals surface area contributed by atoms with Crippen molar-refractivity contribution in [2.45, 2.75) is 0 Å². The number of aryl methyl sites for hydroxylation is 1. The Hall–Kier alpha value is -2.23. The number of nitrogen functional groups attached to an aromatic ring is 1. The summed E-state index contributed by atoms with van der Waals surface area (Å²) in [7, 11) is 3.29. The lowest BCUT2D eigenvalue weighted by Gasteiger charge is -2.10. The first-order chi connectivity index (χ1) is 8.13. The highest BCUT2D eigenvalue weighted by Crippen LogP contribution is 2.29. The van der Waals surface area contributed by atoms with E-state index in [-0.39, 0.29) is 11.2 Å². The summed E-state index contributed by atoms with van der Waals surface area (Å²) in [4.78, 5) is 11.5. The van der Waals surface area contributed by atoms with Gasteiger partial charge < -0.3 is 15.0 Å². The van der Waals surface area contributed by atoms with Gasteiger partial charge in [-0.1, -0.05) is 18.2 Å². The van der Waals surface area contributed by atoms with Gasteiger partial charge in [0.2, 0.25) is 0 Å². The van der Waals surface area contributed by atoms with Crippen LogP contribution in [-0.4, -0.2) is 11.7 Å². The molecule has 2 aromatic rings. The van der Waals surface area contributed by atoms with Crippen LogP contribution in [0.4, 0.5) is 5.69 Å². The number of nitrogens with two attached hydrogens (primary N) is 1. The van der Waals surface area contributed by atoms with E-state index >= 15 is 0 Å². The molecule has 17 heavy (non-hydrogen) atoms. The Kier molecular flexibility index (Phi) is 2.87. The number of pyridine rings is 1. The Bertz CT molecular complexity index is 576. The number of para-hydroxylation sites is 1. The van der Waals surface area contributed by atoms with E-state index in [1.165, 1.54) is 4.57 Å². The fourth-order valence-corrected chi connectivity index (χ4v) is 1.77. The van der Waals surface area contributed by atoms with E-state index in [9.17, 15) is 4.79 Å². The molecule has 4 heteroatoms. The molecule has 2 rings (SSSR count). The van der Waals surface area contributed by atoms with Gasteiger partial charge in [-0.2, -0.15) is 0 Å². The normalized spacial score (nSPS) is 10.2. The standard InChI is InChI=1S/C13H14N2O2/c1-15-8-9(7-11(14)13(15)16)10-5-3-4-6-12(10)17-2/h3-8H,14H2,1-2H3. The topological polar surface area (TPSA) is 57.2 Å². The highest BCUT2D eigenvalue weighted by atomic mass is 16.5. The summed E-state index contributed by atoms with van der Waals surface area (Å²) in [5.74, 6) is 0.755. The fraction of sp³-hybridized carbons (Fsp3) is 0.154. The largest absolute Gasteiger partial charge is 0.496 e. The number of anilines is 1. The summed E-state index contributed by atoms with van der Waals surface area (Å²) in [5.41, 5.74) is 7.49. The quantitative estimate of drug-likeness (QED) is 0.853. The van der Waals surface area contributed by atoms with E-state index in [0.29, 0.717) is 0 Å². The van der Waals surface area contributed by atoms with Crippen molar-refractivity contribution in [3.63, 3.8) is 0 Å². The summed E-state index contributed by atoms with van der Waals surface area (Å²) >= 11 is 0. The zero-order chi connectivity index (χ0) is 12.4. The first-order valence-corrected chi connectivity index (χ1v) is 5.23. The van der Waals surface area contributed by atoms with Crippen LogP contribution in [0.1, 0.15) is 0 Å². The predicted octanol–water partition coefficient (Wildman–Crippen LogP) is 1.64. The molecule has 0 aliphatic rings. The molecule has 1 heterocycles. The first-order valence-electron chi connectivity index (χ1n) is 5.23. The van der Waals surface area contributed by atoms with Crippen molar-refractivity contribution in [1.29, 1.82) is 0 Å². The van der Waals surface area contributed by atoms with Gasteiger partial charge in [0.1, 0.15) is 5.75 Å². The molecule has 1 aromatic carbocycles. The van der Waals surface area contributed by atoms with Crippen molar-refractivity contribution < 1.29 is 4.74 Å². The molecule has 0 radical (unpaired) electrons. The van der Waals surface area contributed by atoms with Gasteiger partial charge >= 0.3 is 0 Å². The first kappa shape index (κ1) is 11.3. The maximum Gasteiger partial charge on any atom is 0.273 e. The molecule has 1 aromatic heterocycles. The monoisotopic (exact) mass is 230 g/mol. The average molecular weight is 230 g/mol. The average Bonchev–Trinajstić information content (AvgIpc) is 2.35. The van der Waals surface area contributed by atoms with Crippen LogP contribution in [0.15, 0.2) is 41.3 Å². The number of ether oxygens (including phenoxy) is 1. The lowest BCUT2D eigenvalue weighted by atomic mass is 10.1. The molecule has 2 N–H and O–H groups in total. The van der Waals surface area contributed by atoms with Crippen LogP contribution < -0.4 is 16.0 Å². The van der Waals surface area contributed by atoms with Crippen LogP contribution in [0.3, 0.4) is 0 Å². The smallest absolute Gasteiger partial charge is 0.273 e. The minimum Gasteiger partial charge on any atom is -0.496 e. The number of hydrogen-bond donors (Lipinski definition) is 1. The number of benzene rings is 1. The molecule has 0 unspecified atom stereocenters. The van der Waals surface area contributed by atoms with Gasteiger partial charge in [-0.05, 0) is 12.1 Å². The molecule has 88 valence electrons. The molecule has 0 spiro atoms. The number of methoxy groups -OCH3 is 1. The Labute approximate surface area is 99.3 Å². The molecule has 0 saturated carbocycles. The second kappa shape index (κ2) is 4.33. The van der Waals surface area contributed by atoms with Crippen molar-refractivity contribution in [3.05, 3.63) is 46.9 Å². The zero-order valence-corrected chi connectivity index (χ0v) is 9.81. The van der Waals surface area contributed by atoms with Gasteiger partial charge in [-0.15, -0.1) is 0 Å². The van der Waals surface area contributed by atoms with Crippen molar-refractivity contribution >= 4 is 5.69 Å². The number of rotatable bonds is 2. The lowest BCUT2D eigenvalue weighted by molar-refractivity contribution is 0.416. The van der Waals surface area contributed by atoms with Crippen molar-refractivity contribution in [3.8, 4) is 16.9 Å². The molecular weight excluding hydrogens is 216 g/mol. The summed E-state index contributed by atoms with van der Waals surface area (Å²) in [5, 5.41) is 0. The Morgan fingerprint density at radius 1 is 1.29 bits per heavy atom. The van der Waals surface area contributed by atoms with E-state index in [1.807, 2.05) is 24.3 Å². The molecule has 0 atom stereocenters. The predicted molar refractivity (Wildman–Crippen MR) is 68.1 cm³/mol. The SMILES string of the molecule is COc1ccccc1-c1cc(N)c(=O)n(C)c1. The highest BCUT2D eigenvalue weighted by molar-refractivity contribution is 5.71. The molecule has 0 amide bonds. The van der Waals surface area contributed by atoms with Crippen molar-refractivity contribution in [1.82, 2.24) is 4.57 Å². The highest BCUT2D eigenvalue weighted by Gasteiger charge is 2.07. The van der Waals surface area contributed by atoms with Gasteiger partial charge in [0.05, 0.1) is 12.8 Å². The Balaban J connectivity index is 2.65. The fourth-order valence-electron chi connectivity index (χ4n) is 1.77. The maximum atomic E-state index is 11.5. The van der Waals surface area contributed by atoms with E-state index in [1.54, 1.807) is 26.4 Å². The lowest BCUT2D eigenvalue weighted by Crippen LogP contribution is -2.19. The third-order valence-electron chi connectivity index (χ3n) is 2.63. The molecule has 4 nitrogen and oxygen atoms in total. The number of aromatic nitrogens is 1. The van der Waals surface area contributed by atoms with Crippen LogP contribution >= 0.6 is 0 Å². The van der Waals surface area contributed by atoms with Crippen molar-refractivity contribution in [2.24, 2.45) is 7.05 Å². The van der Waals surface area contributed by atoms with E-state index in [0.717, 1.165) is 16.9 Å². The van der Waals surface area contributed by atoms with Crippen LogP contribution in [-0.2, 0) is 7.05 Å². The molecule has 0 aliphatic carbocycles. The summed E-state index contributed by atoms with van der Waals surface area (Å²) in [6, 6.07) is 9.28. The van der Waals surface area contributed by atoms with Crippen molar-refractivity contribution in [2.75, 3.05) is 12.8 Å². The van der Waals surface area contributed by atoms with Gasteiger partial charge in [0.15, 0.2) is 0 Å². The Morgan fingerprint density at radius 2 is 2.00 bits per heavy atom. The third-order valence-corrected chi connectivity index (χ3v) is 2.63. The Morgan fingerprint density at radius 3 is 2.65 bits per heavy atom. The van der Waals surface area contributed by atoms with Gasteiger partial charge in [0.25, 0.3) is 5.56 Å². The molecule has 0 bridgehead atoms. The van der Waals surface area contributed by atoms with Gasteiger partial charge in [-0.3, -0.25) is 4.79 Å². The molecule has 0 fully saturated rings. The van der Waals surface area contributed by atoms with Crippen LogP contribution in [0, 0.1) is 0 Å². The van der Waals surface area contributed by atoms with Crippen LogP contribution in [0.2, 0.25) is 0 Å². The molecule has 0 saturated heterocycles. The second-order valence-electron chi connectivity index (χ2n) is 3.80. The summed E-state index contributed by atoms with van der Waals surface area (Å²) in [6.45, 7) is 0.